The van der Waals surface area contributed by atoms with E-state index >= 15 is 0 Å². The third-order valence-corrected chi connectivity index (χ3v) is 20.7. The molecule has 5 unspecified atom stereocenters. The average molecular weight is 917 g/mol. The third kappa shape index (κ3) is 6.99. The number of thiol groups is 1. The minimum atomic E-state index is -1.33. The van der Waals surface area contributed by atoms with Gasteiger partial charge in [-0.1, -0.05) is 36.0 Å². The van der Waals surface area contributed by atoms with E-state index in [1.807, 2.05) is 30.0 Å². The Morgan fingerprint density at radius 1 is 0.883 bits per heavy atom. The summed E-state index contributed by atoms with van der Waals surface area (Å²) in [6, 6.07) is 4.16. The molecule has 19 heteroatoms. The van der Waals surface area contributed by atoms with Crippen LogP contribution < -0.4 is 11.5 Å². The predicted octanol–water partition coefficient (Wildman–Crippen LogP) is 8.32. The maximum Gasteiger partial charge on any atom is 0.232 e. The Morgan fingerprint density at radius 3 is 2.15 bits per heavy atom. The summed E-state index contributed by atoms with van der Waals surface area (Å²) in [5, 5.41) is 7.91. The molecule has 2 aliphatic carbocycles. The molecule has 3 aliphatic rings. The molecule has 0 aromatic carbocycles. The lowest BCUT2D eigenvalue weighted by Gasteiger charge is -2.17. The molecule has 0 bridgehead atoms. The third-order valence-electron chi connectivity index (χ3n) is 11.4. The van der Waals surface area contributed by atoms with Crippen LogP contribution in [0, 0.1) is 0 Å². The molecule has 2 fully saturated rings. The number of aromatic nitrogens is 7. The van der Waals surface area contributed by atoms with Gasteiger partial charge in [-0.3, -0.25) is 0 Å². The fraction of sp³-hybridized carbons (Fsp3) is 0.366. The predicted molar refractivity (Wildman–Crippen MR) is 251 cm³/mol. The first-order valence-corrected chi connectivity index (χ1v) is 26.5. The van der Waals surface area contributed by atoms with Gasteiger partial charge in [0.2, 0.25) is 8.42 Å². The monoisotopic (exact) mass is 916 g/mol. The molecule has 8 heterocycles. The van der Waals surface area contributed by atoms with Gasteiger partial charge in [0.15, 0.2) is 0 Å². The van der Waals surface area contributed by atoms with Crippen LogP contribution in [0.2, 0.25) is 0 Å². The summed E-state index contributed by atoms with van der Waals surface area (Å²) in [7, 11) is 4.92. The molecule has 312 valence electrons. The van der Waals surface area contributed by atoms with E-state index in [-0.39, 0.29) is 5.92 Å². The largest absolute Gasteiger partial charge is 0.611 e. The quantitative estimate of drug-likeness (QED) is 0.0665. The summed E-state index contributed by atoms with van der Waals surface area (Å²) in [6.45, 7) is 2.47. The Labute approximate surface area is 368 Å². The summed E-state index contributed by atoms with van der Waals surface area (Å²) >= 11 is 1.80. The minimum absolute atomic E-state index is 0.212. The van der Waals surface area contributed by atoms with Crippen LogP contribution in [0.3, 0.4) is 0 Å². The number of nitrogens with zero attached hydrogens (tertiary/aromatic N) is 8. The number of unbranched alkanes of at least 4 members (excludes halogenated alkanes) is 1. The standard InChI is InChI=1S/C41H44N10O3S6/c1-5-6-13-59(52)40-32(42)30-22(16-25(48-37(30)56-40)36-44-9-12-55-36)28-20-47-35(51(28)3)24-18-29(24)58-14-10-45-39(58)26-17-23(27-19-46-34(50(27)2)21-7-8-21)31-33(43)41(57-38(31)49-26)60(53)15-11-54-4/h9-10,12,14,16-17,19-21,24,29,58H,5-8,11,13,15,18,42-43H2,1-4H3. The number of ether oxygens (including phenoxy) is 1. The van der Waals surface area contributed by atoms with Gasteiger partial charge in [0, 0.05) is 89.1 Å². The number of imidazole rings is 2. The van der Waals surface area contributed by atoms with Crippen LogP contribution in [0.1, 0.15) is 68.2 Å². The number of fused-ring (bicyclic) bond motifs is 2. The van der Waals surface area contributed by atoms with Crippen molar-refractivity contribution in [2.24, 2.45) is 19.1 Å². The molecule has 0 amide bonds. The Balaban J connectivity index is 0.995. The second kappa shape index (κ2) is 16.2. The van der Waals surface area contributed by atoms with E-state index in [2.05, 4.69) is 46.6 Å². The molecule has 4 N–H and O–H groups in total. The Hall–Kier alpha value is -3.79. The number of nitrogen functional groups attached to an aromatic ring is 2. The lowest BCUT2D eigenvalue weighted by Crippen LogP contribution is -2.11. The van der Waals surface area contributed by atoms with Gasteiger partial charge in [-0.25, -0.2) is 29.9 Å². The van der Waals surface area contributed by atoms with Crippen LogP contribution in [0.4, 0.5) is 11.4 Å². The zero-order valence-corrected chi connectivity index (χ0v) is 38.4. The normalized spacial score (nSPS) is 20.4. The van der Waals surface area contributed by atoms with Gasteiger partial charge in [-0.15, -0.1) is 11.3 Å². The van der Waals surface area contributed by atoms with Crippen LogP contribution in [-0.2, 0) is 41.2 Å². The van der Waals surface area contributed by atoms with Gasteiger partial charge < -0.3 is 34.4 Å². The van der Waals surface area contributed by atoms with Crippen LogP contribution in [0.5, 0.6) is 0 Å². The van der Waals surface area contributed by atoms with E-state index in [4.69, 9.17) is 41.1 Å². The number of hydrogen-bond donors (Lipinski definition) is 3. The first-order chi connectivity index (χ1) is 29.2. The molecule has 0 spiro atoms. The van der Waals surface area contributed by atoms with Crippen molar-refractivity contribution in [2.75, 3.05) is 36.7 Å². The van der Waals surface area contributed by atoms with E-state index < -0.39 is 33.2 Å². The first kappa shape index (κ1) is 40.3. The average Bonchev–Trinajstić information content (AvgIpc) is 3.73. The fourth-order valence-corrected chi connectivity index (χ4v) is 16.5. The van der Waals surface area contributed by atoms with E-state index in [1.165, 1.54) is 34.0 Å². The molecule has 0 saturated heterocycles. The second-order valence-corrected chi connectivity index (χ2v) is 23.9. The highest BCUT2D eigenvalue weighted by Crippen LogP contribution is 2.60. The van der Waals surface area contributed by atoms with E-state index in [0.717, 1.165) is 108 Å². The van der Waals surface area contributed by atoms with Gasteiger partial charge in [0.1, 0.15) is 59.9 Å². The minimum Gasteiger partial charge on any atom is -0.611 e. The Kier molecular flexibility index (Phi) is 10.8. The topological polar surface area (TPSA) is 194 Å². The zero-order valence-electron chi connectivity index (χ0n) is 33.5. The second-order valence-electron chi connectivity index (χ2n) is 15.3. The highest BCUT2D eigenvalue weighted by Gasteiger charge is 2.47. The Bertz CT molecular complexity index is 2820. The maximum absolute atomic E-state index is 13.5. The van der Waals surface area contributed by atoms with E-state index in [1.54, 1.807) is 13.3 Å². The highest BCUT2D eigenvalue weighted by molar-refractivity contribution is 8.33. The number of hydrogen-bond acceptors (Lipinski definition) is 14. The molecule has 2 saturated carbocycles. The number of nitrogens with two attached hydrogens (primary N) is 2. The van der Waals surface area contributed by atoms with Gasteiger partial charge in [-0.05, 0) is 54.4 Å². The molecule has 13 nitrogen and oxygen atoms in total. The van der Waals surface area contributed by atoms with Crippen molar-refractivity contribution >= 4 is 104 Å². The lowest BCUT2D eigenvalue weighted by atomic mass is 10.1. The number of methoxy groups -OCH3 is 1. The molecule has 0 radical (unpaired) electrons. The molecular weight excluding hydrogens is 873 g/mol. The molecule has 5 atom stereocenters. The van der Waals surface area contributed by atoms with Gasteiger partial charge in [0.05, 0.1) is 36.1 Å². The molecular formula is C41H44N10O3S6. The number of rotatable bonds is 15. The van der Waals surface area contributed by atoms with E-state index in [9.17, 15) is 9.11 Å². The number of pyridine rings is 2. The highest BCUT2D eigenvalue weighted by atomic mass is 32.2. The van der Waals surface area contributed by atoms with Crippen molar-refractivity contribution in [2.45, 2.75) is 64.5 Å². The van der Waals surface area contributed by atoms with Crippen LogP contribution in [-0.4, -0.2) is 78.7 Å². The van der Waals surface area contributed by atoms with Crippen LogP contribution in [0.25, 0.3) is 53.6 Å². The molecule has 7 aromatic rings. The lowest BCUT2D eigenvalue weighted by molar-refractivity contribution is 0.217. The van der Waals surface area contributed by atoms with Crippen molar-refractivity contribution in [1.82, 2.24) is 34.1 Å². The summed E-state index contributed by atoms with van der Waals surface area (Å²) in [5.74, 6) is 3.68. The molecule has 7 aromatic heterocycles. The number of anilines is 2. The first-order valence-electron chi connectivity index (χ1n) is 19.8. The van der Waals surface area contributed by atoms with Crippen molar-refractivity contribution in [1.29, 1.82) is 0 Å². The smallest absolute Gasteiger partial charge is 0.232 e. The van der Waals surface area contributed by atoms with Crippen LogP contribution >= 0.6 is 44.9 Å². The van der Waals surface area contributed by atoms with Crippen molar-refractivity contribution in [3.63, 3.8) is 0 Å². The fourth-order valence-electron chi connectivity index (χ4n) is 8.10. The number of thiazole rings is 1. The summed E-state index contributed by atoms with van der Waals surface area (Å²) in [5.41, 5.74) is 20.0. The molecule has 1 aliphatic heterocycles. The maximum atomic E-state index is 13.5. The molecule has 10 rings (SSSR count). The van der Waals surface area contributed by atoms with Crippen molar-refractivity contribution in [3.05, 3.63) is 65.1 Å². The van der Waals surface area contributed by atoms with Crippen molar-refractivity contribution in [3.8, 4) is 33.2 Å². The summed E-state index contributed by atoms with van der Waals surface area (Å²) < 4.78 is 37.8. The Morgan fingerprint density at radius 2 is 1.52 bits per heavy atom. The summed E-state index contributed by atoms with van der Waals surface area (Å²) in [4.78, 5) is 31.1. The van der Waals surface area contributed by atoms with Gasteiger partial charge in [0.25, 0.3) is 0 Å². The van der Waals surface area contributed by atoms with E-state index in [0.29, 0.717) is 49.1 Å². The molecule has 60 heavy (non-hydrogen) atoms. The van der Waals surface area contributed by atoms with Gasteiger partial charge >= 0.3 is 0 Å². The number of aliphatic imine (C=N–C) groups is 1. The number of thiophene rings is 2. The zero-order chi connectivity index (χ0) is 41.4. The summed E-state index contributed by atoms with van der Waals surface area (Å²) in [6.07, 6.45) is 12.6. The SMILES string of the molecule is CCCC[S+]([O-])c1sc2nc(-c3nccs3)cc(-c3cnc(C4CC4[SH]4C=CN=C4c4cc(-c5cnc(C6CC6)n5C)c5c(N)c([S+]([O-])CCOC)sc5n4)n3C)c2c1N. The van der Waals surface area contributed by atoms with Crippen molar-refractivity contribution < 1.29 is 13.8 Å². The van der Waals surface area contributed by atoms with Gasteiger partial charge in [-0.2, -0.15) is 10.9 Å². The van der Waals surface area contributed by atoms with Crippen LogP contribution in [0.15, 0.2) is 61.1 Å².